The largest absolute Gasteiger partial charge is 0.309 e. The van der Waals surface area contributed by atoms with Crippen molar-refractivity contribution in [3.8, 4) is 5.69 Å². The molecule has 1 N–H and O–H groups in total. The van der Waals surface area contributed by atoms with Gasteiger partial charge in [-0.1, -0.05) is 91.0 Å². The molecule has 0 atom stereocenters. The molecule has 1 aromatic heterocycles. The van der Waals surface area contributed by atoms with Crippen LogP contribution in [0.1, 0.15) is 11.1 Å². The molecule has 0 aliphatic heterocycles. The van der Waals surface area contributed by atoms with Gasteiger partial charge in [0.25, 0.3) is 0 Å². The third kappa shape index (κ3) is 3.09. The number of aromatic nitrogens is 1. The van der Waals surface area contributed by atoms with Crippen molar-refractivity contribution < 1.29 is 0 Å². The molecule has 0 spiro atoms. The molecule has 2 nitrogen and oxygen atoms in total. The van der Waals surface area contributed by atoms with Crippen molar-refractivity contribution in [2.75, 3.05) is 0 Å². The average Bonchev–Trinajstić information content (AvgIpc) is 3.18. The zero-order valence-corrected chi connectivity index (χ0v) is 17.6. The minimum absolute atomic E-state index is 0.613. The van der Waals surface area contributed by atoms with Crippen LogP contribution in [0.3, 0.4) is 0 Å². The summed E-state index contributed by atoms with van der Waals surface area (Å²) in [6, 6.07) is 40.3. The molecular formula is C30H22N2. The number of nitrogens with one attached hydrogen (secondary N) is 1. The molecule has 0 bridgehead atoms. The highest BCUT2D eigenvalue weighted by Crippen LogP contribution is 2.32. The lowest BCUT2D eigenvalue weighted by Gasteiger charge is -2.10. The van der Waals surface area contributed by atoms with Crippen molar-refractivity contribution in [1.29, 1.82) is 5.41 Å². The van der Waals surface area contributed by atoms with Gasteiger partial charge in [0.1, 0.15) is 0 Å². The molecule has 0 fully saturated rings. The summed E-state index contributed by atoms with van der Waals surface area (Å²) in [5.41, 5.74) is 6.22. The van der Waals surface area contributed by atoms with E-state index in [0.29, 0.717) is 12.1 Å². The quantitative estimate of drug-likeness (QED) is 0.291. The van der Waals surface area contributed by atoms with Crippen LogP contribution < -0.4 is 0 Å². The van der Waals surface area contributed by atoms with E-state index in [1.807, 2.05) is 6.07 Å². The van der Waals surface area contributed by atoms with E-state index in [1.165, 1.54) is 27.1 Å². The lowest BCUT2D eigenvalue weighted by Crippen LogP contribution is -2.04. The fraction of sp³-hybridized carbons (Fsp3) is 0.0333. The Balaban J connectivity index is 1.45. The van der Waals surface area contributed by atoms with E-state index in [2.05, 4.69) is 114 Å². The fourth-order valence-corrected chi connectivity index (χ4v) is 4.67. The van der Waals surface area contributed by atoms with E-state index >= 15 is 0 Å². The summed E-state index contributed by atoms with van der Waals surface area (Å²) in [5, 5.41) is 13.8. The van der Waals surface area contributed by atoms with Crippen LogP contribution in [0, 0.1) is 5.41 Å². The Morgan fingerprint density at radius 3 is 2.19 bits per heavy atom. The van der Waals surface area contributed by atoms with Crippen molar-refractivity contribution >= 4 is 38.3 Å². The molecule has 6 aromatic rings. The first-order valence-corrected chi connectivity index (χ1v) is 10.9. The maximum absolute atomic E-state index is 8.85. The molecule has 0 unspecified atom stereocenters. The Kier molecular flexibility index (Phi) is 4.36. The Morgan fingerprint density at radius 2 is 1.31 bits per heavy atom. The molecule has 0 radical (unpaired) electrons. The number of para-hydroxylation sites is 2. The van der Waals surface area contributed by atoms with Crippen molar-refractivity contribution in [1.82, 2.24) is 4.57 Å². The molecule has 32 heavy (non-hydrogen) atoms. The number of nitrogens with zero attached hydrogens (tertiary/aromatic N) is 1. The van der Waals surface area contributed by atoms with Gasteiger partial charge in [-0.25, -0.2) is 0 Å². The monoisotopic (exact) mass is 410 g/mol. The van der Waals surface area contributed by atoms with Crippen molar-refractivity contribution in [3.05, 3.63) is 126 Å². The second kappa shape index (κ2) is 7.51. The molecular weight excluding hydrogens is 388 g/mol. The highest BCUT2D eigenvalue weighted by atomic mass is 15.0. The molecule has 6 rings (SSSR count). The van der Waals surface area contributed by atoms with Crippen LogP contribution in [0.25, 0.3) is 38.3 Å². The molecule has 5 aromatic carbocycles. The summed E-state index contributed by atoms with van der Waals surface area (Å²) in [4.78, 5) is 0. The maximum Gasteiger partial charge on any atom is 0.0547 e. The SMILES string of the molecule is N=C(Cc1ccc2ccccc2c1)c1ccc2c3ccccc3n(-c3ccccc3)c2c1. The van der Waals surface area contributed by atoms with Gasteiger partial charge in [-0.15, -0.1) is 0 Å². The molecule has 0 aliphatic rings. The molecule has 1 heterocycles. The Morgan fingerprint density at radius 1 is 0.594 bits per heavy atom. The topological polar surface area (TPSA) is 28.8 Å². The second-order valence-electron chi connectivity index (χ2n) is 8.26. The molecule has 0 amide bonds. The van der Waals surface area contributed by atoms with Gasteiger partial charge in [-0.2, -0.15) is 0 Å². The number of hydrogen-bond donors (Lipinski definition) is 1. The molecule has 0 saturated carbocycles. The highest BCUT2D eigenvalue weighted by Gasteiger charge is 2.14. The average molecular weight is 411 g/mol. The summed E-state index contributed by atoms with van der Waals surface area (Å²) in [6.45, 7) is 0. The minimum atomic E-state index is 0.613. The Labute approximate surface area is 186 Å². The Hall–Kier alpha value is -4.17. The third-order valence-electron chi connectivity index (χ3n) is 6.23. The van der Waals surface area contributed by atoms with Crippen LogP contribution in [0.2, 0.25) is 0 Å². The first-order valence-electron chi connectivity index (χ1n) is 10.9. The van der Waals surface area contributed by atoms with Crippen LogP contribution in [0.15, 0.2) is 115 Å². The van der Waals surface area contributed by atoms with Gasteiger partial charge in [0.05, 0.1) is 11.0 Å². The summed E-state index contributed by atoms with van der Waals surface area (Å²) in [7, 11) is 0. The number of hydrogen-bond acceptors (Lipinski definition) is 1. The summed E-state index contributed by atoms with van der Waals surface area (Å²) in [5.74, 6) is 0. The second-order valence-corrected chi connectivity index (χ2v) is 8.26. The smallest absolute Gasteiger partial charge is 0.0547 e. The number of fused-ring (bicyclic) bond motifs is 4. The van der Waals surface area contributed by atoms with Crippen LogP contribution in [0.4, 0.5) is 0 Å². The van der Waals surface area contributed by atoms with E-state index in [1.54, 1.807) is 0 Å². The van der Waals surface area contributed by atoms with Crippen molar-refractivity contribution in [3.63, 3.8) is 0 Å². The fourth-order valence-electron chi connectivity index (χ4n) is 4.67. The normalized spacial score (nSPS) is 11.4. The first-order chi connectivity index (χ1) is 15.8. The van der Waals surface area contributed by atoms with Gasteiger partial charge in [-0.3, -0.25) is 0 Å². The molecule has 2 heteroatoms. The van der Waals surface area contributed by atoms with Crippen LogP contribution in [0.5, 0.6) is 0 Å². The third-order valence-corrected chi connectivity index (χ3v) is 6.23. The maximum atomic E-state index is 8.85. The van der Waals surface area contributed by atoms with E-state index in [9.17, 15) is 0 Å². The van der Waals surface area contributed by atoms with Crippen LogP contribution in [-0.4, -0.2) is 10.3 Å². The summed E-state index contributed by atoms with van der Waals surface area (Å²) in [6.07, 6.45) is 0.613. The van der Waals surface area contributed by atoms with Gasteiger partial charge < -0.3 is 9.98 Å². The van der Waals surface area contributed by atoms with Gasteiger partial charge in [0.2, 0.25) is 0 Å². The predicted octanol–water partition coefficient (Wildman–Crippen LogP) is 7.55. The first kappa shape index (κ1) is 18.6. The Bertz CT molecular complexity index is 1610. The van der Waals surface area contributed by atoms with Gasteiger partial charge in [0.15, 0.2) is 0 Å². The van der Waals surface area contributed by atoms with E-state index in [-0.39, 0.29) is 0 Å². The lowest BCUT2D eigenvalue weighted by molar-refractivity contribution is 1.18. The number of rotatable bonds is 4. The standard InChI is InChI=1S/C30H22N2/c31-28(19-21-14-15-22-8-4-5-9-23(22)18-21)24-16-17-27-26-12-6-7-13-29(26)32(30(27)20-24)25-10-2-1-3-11-25/h1-18,20,31H,19H2. The van der Waals surface area contributed by atoms with E-state index in [4.69, 9.17) is 5.41 Å². The highest BCUT2D eigenvalue weighted by molar-refractivity contribution is 6.12. The number of benzene rings is 5. The molecule has 0 saturated heterocycles. The summed E-state index contributed by atoms with van der Waals surface area (Å²) >= 11 is 0. The van der Waals surface area contributed by atoms with Crippen molar-refractivity contribution in [2.24, 2.45) is 0 Å². The van der Waals surface area contributed by atoms with E-state index < -0.39 is 0 Å². The van der Waals surface area contributed by atoms with Crippen LogP contribution in [-0.2, 0) is 6.42 Å². The predicted molar refractivity (Wildman–Crippen MR) is 135 cm³/mol. The molecule has 152 valence electrons. The lowest BCUT2D eigenvalue weighted by atomic mass is 9.99. The van der Waals surface area contributed by atoms with Crippen molar-refractivity contribution in [2.45, 2.75) is 6.42 Å². The zero-order chi connectivity index (χ0) is 21.5. The van der Waals surface area contributed by atoms with Gasteiger partial charge >= 0.3 is 0 Å². The van der Waals surface area contributed by atoms with Gasteiger partial charge in [0, 0.05) is 28.6 Å². The zero-order valence-electron chi connectivity index (χ0n) is 17.6. The van der Waals surface area contributed by atoms with Crippen LogP contribution >= 0.6 is 0 Å². The van der Waals surface area contributed by atoms with Gasteiger partial charge in [-0.05, 0) is 46.2 Å². The van der Waals surface area contributed by atoms with E-state index in [0.717, 1.165) is 22.3 Å². The summed E-state index contributed by atoms with van der Waals surface area (Å²) < 4.78 is 2.30. The minimum Gasteiger partial charge on any atom is -0.309 e. The molecule has 0 aliphatic carbocycles.